The molecule has 10 heteroatoms. The van der Waals surface area contributed by atoms with E-state index < -0.39 is 11.9 Å². The number of ether oxygens (including phenoxy) is 1. The van der Waals surface area contributed by atoms with Crippen LogP contribution in [0.2, 0.25) is 0 Å². The first-order valence-electron chi connectivity index (χ1n) is 7.48. The van der Waals surface area contributed by atoms with Gasteiger partial charge in [0, 0.05) is 13.1 Å². The molecular formula is C14H19N4O5P. The fraction of sp³-hybridized carbons (Fsp3) is 0.571. The SMILES string of the molecule is CC(=O)Nc1ccn([C@H]2CC[C@@H](COPOCCC#N)O2)c(=O)n1. The zero-order chi connectivity index (χ0) is 17.4. The van der Waals surface area contributed by atoms with Gasteiger partial charge in [0.2, 0.25) is 5.91 Å². The van der Waals surface area contributed by atoms with Gasteiger partial charge in [-0.25, -0.2) is 4.79 Å². The van der Waals surface area contributed by atoms with Crippen molar-refractivity contribution in [1.82, 2.24) is 9.55 Å². The number of amides is 1. The first-order chi connectivity index (χ1) is 11.6. The summed E-state index contributed by atoms with van der Waals surface area (Å²) >= 11 is 0. The summed E-state index contributed by atoms with van der Waals surface area (Å²) in [6.07, 6.45) is 2.81. The highest BCUT2D eigenvalue weighted by atomic mass is 31.1. The molecule has 0 spiro atoms. The first kappa shape index (κ1) is 18.5. The van der Waals surface area contributed by atoms with Crippen LogP contribution in [-0.4, -0.2) is 34.8 Å². The van der Waals surface area contributed by atoms with Crippen molar-refractivity contribution in [2.24, 2.45) is 0 Å². The molecule has 1 unspecified atom stereocenters. The highest BCUT2D eigenvalue weighted by Crippen LogP contribution is 2.28. The zero-order valence-electron chi connectivity index (χ0n) is 13.2. The molecule has 2 heterocycles. The summed E-state index contributed by atoms with van der Waals surface area (Å²) in [6, 6.07) is 3.54. The normalized spacial score (nSPS) is 20.3. The van der Waals surface area contributed by atoms with E-state index in [1.165, 1.54) is 11.5 Å². The summed E-state index contributed by atoms with van der Waals surface area (Å²) < 4.78 is 17.7. The first-order valence-corrected chi connectivity index (χ1v) is 8.29. The quantitative estimate of drug-likeness (QED) is 0.553. The van der Waals surface area contributed by atoms with Crippen LogP contribution in [0.15, 0.2) is 17.1 Å². The molecule has 0 bridgehead atoms. The number of hydrogen-bond donors (Lipinski definition) is 1. The molecule has 24 heavy (non-hydrogen) atoms. The summed E-state index contributed by atoms with van der Waals surface area (Å²) in [6.45, 7) is 2.07. The third-order valence-corrected chi connectivity index (χ3v) is 3.84. The maximum Gasteiger partial charge on any atom is 0.351 e. The van der Waals surface area contributed by atoms with Crippen LogP contribution < -0.4 is 11.0 Å². The molecule has 3 atom stereocenters. The van der Waals surface area contributed by atoms with E-state index >= 15 is 0 Å². The lowest BCUT2D eigenvalue weighted by molar-refractivity contribution is -0.114. The minimum Gasteiger partial charge on any atom is -0.352 e. The Kier molecular flexibility index (Phi) is 7.28. The molecule has 1 aromatic rings. The number of hydrogen-bond acceptors (Lipinski definition) is 7. The Hall–Kier alpha value is -1.85. The smallest absolute Gasteiger partial charge is 0.351 e. The van der Waals surface area contributed by atoms with E-state index in [4.69, 9.17) is 19.0 Å². The number of rotatable bonds is 8. The molecule has 1 amide bonds. The largest absolute Gasteiger partial charge is 0.352 e. The molecule has 1 aromatic heterocycles. The van der Waals surface area contributed by atoms with E-state index in [9.17, 15) is 9.59 Å². The van der Waals surface area contributed by atoms with Crippen LogP contribution in [0.3, 0.4) is 0 Å². The van der Waals surface area contributed by atoms with Gasteiger partial charge >= 0.3 is 5.69 Å². The molecule has 0 radical (unpaired) electrons. The molecule has 0 saturated carbocycles. The number of anilines is 1. The highest BCUT2D eigenvalue weighted by molar-refractivity contribution is 7.26. The Morgan fingerprint density at radius 2 is 2.42 bits per heavy atom. The van der Waals surface area contributed by atoms with Crippen LogP contribution in [0.25, 0.3) is 0 Å². The predicted molar refractivity (Wildman–Crippen MR) is 86.4 cm³/mol. The molecule has 9 nitrogen and oxygen atoms in total. The molecule has 0 aromatic carbocycles. The van der Waals surface area contributed by atoms with Crippen LogP contribution in [0.1, 0.15) is 32.4 Å². The maximum atomic E-state index is 12.0. The van der Waals surface area contributed by atoms with Crippen LogP contribution in [0, 0.1) is 11.3 Å². The third kappa shape index (κ3) is 5.65. The Labute approximate surface area is 140 Å². The number of nitrogens with one attached hydrogen (secondary N) is 1. The molecule has 1 aliphatic heterocycles. The summed E-state index contributed by atoms with van der Waals surface area (Å²) in [4.78, 5) is 26.8. The monoisotopic (exact) mass is 354 g/mol. The number of carbonyl (C=O) groups is 1. The van der Waals surface area contributed by atoms with Crippen molar-refractivity contribution in [3.8, 4) is 6.07 Å². The standard InChI is InChI=1S/C14H19N4O5P/c1-10(19)16-12-5-7-18(14(20)17-12)13-4-3-11(23-13)9-22-24-21-8-2-6-15/h5,7,11,13,24H,2-4,8-9H2,1H3,(H,16,17,19,20)/t11-,13+/m0/s1. The second-order valence-corrected chi connectivity index (χ2v) is 5.87. The number of aromatic nitrogens is 2. The predicted octanol–water partition coefficient (Wildman–Crippen LogP) is 1.33. The van der Waals surface area contributed by atoms with Crippen molar-refractivity contribution in [2.45, 2.75) is 38.5 Å². The average Bonchev–Trinajstić information content (AvgIpc) is 2.99. The molecule has 1 aliphatic rings. The Morgan fingerprint density at radius 3 is 3.12 bits per heavy atom. The van der Waals surface area contributed by atoms with E-state index in [0.717, 1.165) is 6.42 Å². The Morgan fingerprint density at radius 1 is 1.58 bits per heavy atom. The van der Waals surface area contributed by atoms with Gasteiger partial charge in [-0.1, -0.05) is 0 Å². The Bertz CT molecular complexity index is 659. The number of nitriles is 1. The summed E-state index contributed by atoms with van der Waals surface area (Å²) in [5, 5.41) is 10.8. The van der Waals surface area contributed by atoms with Gasteiger partial charge in [0.15, 0.2) is 9.03 Å². The van der Waals surface area contributed by atoms with Gasteiger partial charge in [0.1, 0.15) is 12.0 Å². The van der Waals surface area contributed by atoms with Gasteiger partial charge in [-0.3, -0.25) is 9.36 Å². The molecule has 0 aliphatic carbocycles. The minimum atomic E-state index is -0.477. The summed E-state index contributed by atoms with van der Waals surface area (Å²) in [7, 11) is -0.132. The number of carbonyl (C=O) groups excluding carboxylic acids is 1. The van der Waals surface area contributed by atoms with Crippen molar-refractivity contribution < 1.29 is 18.6 Å². The van der Waals surface area contributed by atoms with Crippen molar-refractivity contribution in [3.63, 3.8) is 0 Å². The van der Waals surface area contributed by atoms with Crippen molar-refractivity contribution in [1.29, 1.82) is 5.26 Å². The van der Waals surface area contributed by atoms with Crippen LogP contribution in [0.4, 0.5) is 5.82 Å². The second-order valence-electron chi connectivity index (χ2n) is 5.12. The van der Waals surface area contributed by atoms with Gasteiger partial charge < -0.3 is 19.1 Å². The fourth-order valence-corrected chi connectivity index (χ4v) is 2.73. The molecule has 130 valence electrons. The van der Waals surface area contributed by atoms with E-state index in [-0.39, 0.29) is 26.9 Å². The van der Waals surface area contributed by atoms with Gasteiger partial charge in [-0.05, 0) is 18.9 Å². The van der Waals surface area contributed by atoms with Gasteiger partial charge in [0.25, 0.3) is 0 Å². The summed E-state index contributed by atoms with van der Waals surface area (Å²) in [5.74, 6) is -0.0656. The van der Waals surface area contributed by atoms with Crippen LogP contribution >= 0.6 is 9.03 Å². The Balaban J connectivity index is 1.79. The average molecular weight is 354 g/mol. The lowest BCUT2D eigenvalue weighted by atomic mass is 10.2. The van der Waals surface area contributed by atoms with Crippen molar-refractivity contribution in [3.05, 3.63) is 22.7 Å². The third-order valence-electron chi connectivity index (χ3n) is 3.23. The van der Waals surface area contributed by atoms with E-state index in [0.29, 0.717) is 26.1 Å². The van der Waals surface area contributed by atoms with Crippen molar-refractivity contribution >= 4 is 20.8 Å². The van der Waals surface area contributed by atoms with Gasteiger partial charge in [-0.15, -0.1) is 0 Å². The fourth-order valence-electron chi connectivity index (χ4n) is 2.20. The summed E-state index contributed by atoms with van der Waals surface area (Å²) in [5.41, 5.74) is -0.477. The highest BCUT2D eigenvalue weighted by Gasteiger charge is 2.27. The minimum absolute atomic E-state index is 0.121. The zero-order valence-corrected chi connectivity index (χ0v) is 14.2. The maximum absolute atomic E-state index is 12.0. The molecule has 1 saturated heterocycles. The molecule has 1 N–H and O–H groups in total. The van der Waals surface area contributed by atoms with E-state index in [1.807, 2.05) is 6.07 Å². The van der Waals surface area contributed by atoms with Crippen LogP contribution in [-0.2, 0) is 18.6 Å². The lowest BCUT2D eigenvalue weighted by Crippen LogP contribution is -2.28. The topological polar surface area (TPSA) is 115 Å². The van der Waals surface area contributed by atoms with Gasteiger partial charge in [0.05, 0.1) is 31.8 Å². The lowest BCUT2D eigenvalue weighted by Gasteiger charge is -2.16. The van der Waals surface area contributed by atoms with E-state index in [2.05, 4.69) is 10.3 Å². The molecule has 1 fully saturated rings. The molecule has 2 rings (SSSR count). The van der Waals surface area contributed by atoms with E-state index in [1.54, 1.807) is 12.3 Å². The number of nitrogens with zero attached hydrogens (tertiary/aromatic N) is 3. The van der Waals surface area contributed by atoms with Crippen molar-refractivity contribution in [2.75, 3.05) is 18.5 Å². The van der Waals surface area contributed by atoms with Crippen LogP contribution in [0.5, 0.6) is 0 Å². The van der Waals surface area contributed by atoms with Gasteiger partial charge in [-0.2, -0.15) is 10.2 Å². The molecular weight excluding hydrogens is 335 g/mol. The second kappa shape index (κ2) is 9.45.